The van der Waals surface area contributed by atoms with Crippen LogP contribution in [0.25, 0.3) is 0 Å². The van der Waals surface area contributed by atoms with Crippen LogP contribution in [0.5, 0.6) is 11.6 Å². The molecule has 3 nitrogen and oxygen atoms in total. The minimum Gasteiger partial charge on any atom is -0.439 e. The van der Waals surface area contributed by atoms with Crippen LogP contribution in [0.15, 0.2) is 47.6 Å². The highest BCUT2D eigenvalue weighted by atomic mass is 35.5. The Kier molecular flexibility index (Phi) is 3.97. The lowest BCUT2D eigenvalue weighted by molar-refractivity contribution is 0.463. The molecule has 0 N–H and O–H groups in total. The minimum absolute atomic E-state index is 0.529. The fourth-order valence-electron chi connectivity index (χ4n) is 1.81. The van der Waals surface area contributed by atoms with Crippen LogP contribution in [0.3, 0.4) is 0 Å². The lowest BCUT2D eigenvalue weighted by Gasteiger charge is -2.05. The van der Waals surface area contributed by atoms with Gasteiger partial charge in [0, 0.05) is 25.0 Å². The van der Waals surface area contributed by atoms with Crippen LogP contribution in [-0.2, 0) is 0 Å². The van der Waals surface area contributed by atoms with E-state index in [0.717, 1.165) is 23.8 Å². The second kappa shape index (κ2) is 6.06. The summed E-state index contributed by atoms with van der Waals surface area (Å²) in [6.07, 6.45) is 6.11. The van der Waals surface area contributed by atoms with Crippen LogP contribution < -0.4 is 4.74 Å². The predicted octanol–water partition coefficient (Wildman–Crippen LogP) is 4.36. The average Bonchev–Trinajstić information content (AvgIpc) is 3.26. The first kappa shape index (κ1) is 13.1. The zero-order valence-corrected chi connectivity index (χ0v) is 11.8. The molecule has 2 aromatic rings. The second-order valence-electron chi connectivity index (χ2n) is 4.93. The van der Waals surface area contributed by atoms with Crippen molar-refractivity contribution in [2.75, 3.05) is 6.54 Å². The smallest absolute Gasteiger partial charge is 0.219 e. The number of aliphatic imine (C=N–C) groups is 1. The van der Waals surface area contributed by atoms with Gasteiger partial charge in [0.2, 0.25) is 5.88 Å². The highest BCUT2D eigenvalue weighted by Gasteiger charge is 2.19. The summed E-state index contributed by atoms with van der Waals surface area (Å²) in [4.78, 5) is 8.56. The van der Waals surface area contributed by atoms with Crippen LogP contribution in [0.2, 0.25) is 5.02 Å². The predicted molar refractivity (Wildman–Crippen MR) is 80.9 cm³/mol. The number of rotatable bonds is 5. The van der Waals surface area contributed by atoms with Gasteiger partial charge in [-0.15, -0.1) is 0 Å². The molecule has 4 heteroatoms. The van der Waals surface area contributed by atoms with E-state index < -0.39 is 0 Å². The Morgan fingerprint density at radius 3 is 2.95 bits per heavy atom. The van der Waals surface area contributed by atoms with Gasteiger partial charge in [-0.25, -0.2) is 4.98 Å². The molecule has 0 unspecified atom stereocenters. The zero-order valence-electron chi connectivity index (χ0n) is 11.0. The molecule has 1 aromatic carbocycles. The number of pyridine rings is 1. The number of benzene rings is 1. The third-order valence-corrected chi connectivity index (χ3v) is 3.31. The lowest BCUT2D eigenvalue weighted by atomic mass is 10.2. The van der Waals surface area contributed by atoms with Crippen LogP contribution in [-0.4, -0.2) is 17.7 Å². The molecule has 0 bridgehead atoms. The Labute approximate surface area is 123 Å². The minimum atomic E-state index is 0.529. The molecule has 1 aliphatic carbocycles. The average molecular weight is 287 g/mol. The Morgan fingerprint density at radius 2 is 2.20 bits per heavy atom. The Balaban J connectivity index is 1.66. The maximum Gasteiger partial charge on any atom is 0.219 e. The van der Waals surface area contributed by atoms with Gasteiger partial charge in [0.15, 0.2) is 0 Å². The van der Waals surface area contributed by atoms with Crippen LogP contribution in [0, 0.1) is 5.92 Å². The highest BCUT2D eigenvalue weighted by Crippen LogP contribution is 2.28. The Bertz CT molecular complexity index is 606. The number of nitrogens with zero attached hydrogens (tertiary/aromatic N) is 2. The van der Waals surface area contributed by atoms with E-state index in [1.165, 1.54) is 12.8 Å². The second-order valence-corrected chi connectivity index (χ2v) is 5.36. The molecular weight excluding hydrogens is 272 g/mol. The highest BCUT2D eigenvalue weighted by molar-refractivity contribution is 6.30. The quantitative estimate of drug-likeness (QED) is 0.766. The first-order valence-corrected chi connectivity index (χ1v) is 7.07. The maximum atomic E-state index is 5.79. The number of aromatic nitrogens is 1. The van der Waals surface area contributed by atoms with Crippen molar-refractivity contribution in [1.29, 1.82) is 0 Å². The van der Waals surface area contributed by atoms with Gasteiger partial charge in [0.05, 0.1) is 5.02 Å². The van der Waals surface area contributed by atoms with E-state index in [1.807, 2.05) is 30.5 Å². The molecule has 0 saturated heterocycles. The summed E-state index contributed by atoms with van der Waals surface area (Å²) < 4.78 is 5.68. The van der Waals surface area contributed by atoms with E-state index in [0.29, 0.717) is 10.9 Å². The van der Waals surface area contributed by atoms with Crippen LogP contribution >= 0.6 is 11.6 Å². The lowest BCUT2D eigenvalue weighted by Crippen LogP contribution is -1.90. The van der Waals surface area contributed by atoms with Gasteiger partial charge in [-0.2, -0.15) is 0 Å². The van der Waals surface area contributed by atoms with Crippen molar-refractivity contribution < 1.29 is 4.74 Å². The molecule has 20 heavy (non-hydrogen) atoms. The van der Waals surface area contributed by atoms with Crippen molar-refractivity contribution in [3.8, 4) is 11.6 Å². The van der Waals surface area contributed by atoms with E-state index in [4.69, 9.17) is 16.3 Å². The topological polar surface area (TPSA) is 34.5 Å². The van der Waals surface area contributed by atoms with Gasteiger partial charge in [-0.1, -0.05) is 23.7 Å². The number of hydrogen-bond acceptors (Lipinski definition) is 3. The molecule has 102 valence electrons. The molecule has 1 saturated carbocycles. The SMILES string of the molecule is Clc1ccc(Oc2cccc(C=NCC3CC3)c2)nc1. The molecule has 0 aliphatic heterocycles. The number of halogens is 1. The summed E-state index contributed by atoms with van der Waals surface area (Å²) in [6.45, 7) is 0.934. The molecule has 0 atom stereocenters. The summed E-state index contributed by atoms with van der Waals surface area (Å²) in [5.41, 5.74) is 1.04. The maximum absolute atomic E-state index is 5.79. The molecule has 1 heterocycles. The molecule has 0 amide bonds. The van der Waals surface area contributed by atoms with Crippen molar-refractivity contribution in [3.63, 3.8) is 0 Å². The van der Waals surface area contributed by atoms with E-state index in [9.17, 15) is 0 Å². The molecule has 0 radical (unpaired) electrons. The first-order chi connectivity index (χ1) is 9.79. The van der Waals surface area contributed by atoms with Crippen LogP contribution in [0.4, 0.5) is 0 Å². The van der Waals surface area contributed by atoms with Crippen molar-refractivity contribution >= 4 is 17.8 Å². The summed E-state index contributed by atoms with van der Waals surface area (Å²) in [7, 11) is 0. The van der Waals surface area contributed by atoms with Gasteiger partial charge in [0.1, 0.15) is 5.75 Å². The molecular formula is C16H15ClN2O. The molecule has 1 aromatic heterocycles. The summed E-state index contributed by atoms with van der Waals surface area (Å²) >= 11 is 5.79. The molecule has 0 spiro atoms. The Morgan fingerprint density at radius 1 is 1.30 bits per heavy atom. The van der Waals surface area contributed by atoms with Crippen molar-refractivity contribution in [3.05, 3.63) is 53.2 Å². The molecule has 1 aliphatic rings. The summed E-state index contributed by atoms with van der Waals surface area (Å²) in [6, 6.07) is 11.3. The fourth-order valence-corrected chi connectivity index (χ4v) is 1.92. The third-order valence-electron chi connectivity index (χ3n) is 3.08. The van der Waals surface area contributed by atoms with Crippen molar-refractivity contribution in [2.24, 2.45) is 10.9 Å². The fraction of sp³-hybridized carbons (Fsp3) is 0.250. The normalized spacial score (nSPS) is 14.7. The Hall–Kier alpha value is -1.87. The number of hydrogen-bond donors (Lipinski definition) is 0. The van der Waals surface area contributed by atoms with Crippen molar-refractivity contribution in [2.45, 2.75) is 12.8 Å². The van der Waals surface area contributed by atoms with Gasteiger partial charge >= 0.3 is 0 Å². The van der Waals surface area contributed by atoms with Gasteiger partial charge in [-0.3, -0.25) is 4.99 Å². The van der Waals surface area contributed by atoms with E-state index in [2.05, 4.69) is 9.98 Å². The summed E-state index contributed by atoms with van der Waals surface area (Å²) in [5.74, 6) is 2.08. The van der Waals surface area contributed by atoms with Crippen LogP contribution in [0.1, 0.15) is 18.4 Å². The summed E-state index contributed by atoms with van der Waals surface area (Å²) in [5, 5.41) is 0.596. The standard InChI is InChI=1S/C16H15ClN2O/c17-14-6-7-16(19-11-14)20-15-3-1-2-13(8-15)10-18-9-12-4-5-12/h1-3,6-8,10-12H,4-5,9H2. The van der Waals surface area contributed by atoms with E-state index in [1.54, 1.807) is 18.3 Å². The third kappa shape index (κ3) is 3.81. The first-order valence-electron chi connectivity index (χ1n) is 6.69. The van der Waals surface area contributed by atoms with E-state index in [-0.39, 0.29) is 0 Å². The van der Waals surface area contributed by atoms with Gasteiger partial charge < -0.3 is 4.74 Å². The monoisotopic (exact) mass is 286 g/mol. The van der Waals surface area contributed by atoms with Gasteiger partial charge in [0.25, 0.3) is 0 Å². The zero-order chi connectivity index (χ0) is 13.8. The largest absolute Gasteiger partial charge is 0.439 e. The molecule has 1 fully saturated rings. The van der Waals surface area contributed by atoms with Gasteiger partial charge in [-0.05, 0) is 42.5 Å². The molecule has 3 rings (SSSR count). The van der Waals surface area contributed by atoms with Crippen molar-refractivity contribution in [1.82, 2.24) is 4.98 Å². The van der Waals surface area contributed by atoms with E-state index >= 15 is 0 Å². The number of ether oxygens (including phenoxy) is 1.